The zero-order chi connectivity index (χ0) is 25.4. The van der Waals surface area contributed by atoms with Gasteiger partial charge in [0.05, 0.1) is 29.8 Å². The van der Waals surface area contributed by atoms with Gasteiger partial charge in [-0.25, -0.2) is 4.79 Å². The van der Waals surface area contributed by atoms with Crippen molar-refractivity contribution in [1.82, 2.24) is 9.13 Å². The van der Waals surface area contributed by atoms with Crippen LogP contribution in [0.1, 0.15) is 38.3 Å². The minimum absolute atomic E-state index is 0.158. The van der Waals surface area contributed by atoms with Crippen LogP contribution in [0.15, 0.2) is 40.1 Å². The van der Waals surface area contributed by atoms with Crippen molar-refractivity contribution in [3.63, 3.8) is 0 Å². The van der Waals surface area contributed by atoms with Gasteiger partial charge in [-0.1, -0.05) is 31.3 Å². The highest BCUT2D eigenvalue weighted by molar-refractivity contribution is 6.58. The number of ether oxygens (including phenoxy) is 2. The lowest BCUT2D eigenvalue weighted by Gasteiger charge is -2.35. The van der Waals surface area contributed by atoms with Crippen LogP contribution in [0.4, 0.5) is 5.69 Å². The monoisotopic (exact) mass is 490 g/mol. The second-order valence-corrected chi connectivity index (χ2v) is 12.7. The molecule has 1 aromatic heterocycles. The molecule has 0 spiro atoms. The molecule has 3 rings (SSSR count). The standard InChI is InChI=1S/C23H32N3O7Si/c1-15-12-25(23(34(5)6)11-18(27)19(33-23)14-32-22(2,3)4)21(29)24(20(15)28)13-16-9-7-8-10-17(16)26(30)31/h7-10,12,18-19,27H,11,13-14H2,1-6H3/t18-,19+,23-/m0/s1. The van der Waals surface area contributed by atoms with E-state index in [4.69, 9.17) is 9.47 Å². The third-order valence-electron chi connectivity index (χ3n) is 5.97. The molecule has 1 aliphatic rings. The van der Waals surface area contributed by atoms with Crippen LogP contribution in [0, 0.1) is 17.0 Å². The largest absolute Gasteiger partial charge is 0.390 e. The average Bonchev–Trinajstić information content (AvgIpc) is 3.09. The van der Waals surface area contributed by atoms with Gasteiger partial charge in [0.15, 0.2) is 0 Å². The topological polar surface area (TPSA) is 126 Å². The van der Waals surface area contributed by atoms with Gasteiger partial charge in [-0.3, -0.25) is 24.0 Å². The van der Waals surface area contributed by atoms with Crippen LogP contribution in [0.25, 0.3) is 0 Å². The first-order valence-electron chi connectivity index (χ1n) is 11.1. The van der Waals surface area contributed by atoms with Crippen molar-refractivity contribution in [3.8, 4) is 0 Å². The lowest BCUT2D eigenvalue weighted by atomic mass is 10.1. The Bertz CT molecular complexity index is 1180. The molecular formula is C23H32N3O7Si. The molecule has 3 atom stereocenters. The first-order chi connectivity index (χ1) is 15.8. The molecule has 1 aromatic carbocycles. The van der Waals surface area contributed by atoms with Crippen molar-refractivity contribution < 1.29 is 19.5 Å². The van der Waals surface area contributed by atoms with Gasteiger partial charge in [-0.05, 0) is 27.7 Å². The van der Waals surface area contributed by atoms with Gasteiger partial charge in [0.1, 0.15) is 20.2 Å². The molecule has 2 aromatic rings. The maximum atomic E-state index is 13.6. The van der Waals surface area contributed by atoms with Crippen molar-refractivity contribution in [1.29, 1.82) is 0 Å². The molecule has 1 saturated heterocycles. The Morgan fingerprint density at radius 2 is 1.94 bits per heavy atom. The molecule has 0 unspecified atom stereocenters. The van der Waals surface area contributed by atoms with Gasteiger partial charge < -0.3 is 14.6 Å². The minimum Gasteiger partial charge on any atom is -0.390 e. The van der Waals surface area contributed by atoms with Crippen LogP contribution >= 0.6 is 0 Å². The summed E-state index contributed by atoms with van der Waals surface area (Å²) in [5.74, 6) is 0. The van der Waals surface area contributed by atoms with E-state index in [0.29, 0.717) is 5.56 Å². The highest BCUT2D eigenvalue weighted by atomic mass is 28.3. The van der Waals surface area contributed by atoms with Crippen LogP contribution in [0.2, 0.25) is 13.1 Å². The van der Waals surface area contributed by atoms with E-state index in [9.17, 15) is 24.8 Å². The number of aliphatic hydroxyl groups is 1. The summed E-state index contributed by atoms with van der Waals surface area (Å²) < 4.78 is 14.6. The van der Waals surface area contributed by atoms with Gasteiger partial charge in [0.2, 0.25) is 0 Å². The van der Waals surface area contributed by atoms with Crippen molar-refractivity contribution in [3.05, 3.63) is 72.5 Å². The normalized spacial score (nSPS) is 22.9. The average molecular weight is 491 g/mol. The zero-order valence-electron chi connectivity index (χ0n) is 20.4. The van der Waals surface area contributed by atoms with Crippen molar-refractivity contribution in [2.75, 3.05) is 6.61 Å². The number of hydrogen-bond acceptors (Lipinski definition) is 7. The summed E-state index contributed by atoms with van der Waals surface area (Å²) in [6, 6.07) is 6.02. The molecule has 10 nitrogen and oxygen atoms in total. The Morgan fingerprint density at radius 3 is 2.53 bits per heavy atom. The van der Waals surface area contributed by atoms with Crippen molar-refractivity contribution in [2.24, 2.45) is 0 Å². The van der Waals surface area contributed by atoms with E-state index < -0.39 is 48.1 Å². The Kier molecular flexibility index (Phi) is 7.32. The SMILES string of the molecule is Cc1cn([C@@]2([Si](C)C)C[C@H](O)[C@@H](COC(C)(C)C)O2)c(=O)n(Cc2ccccc2[N+](=O)[O-])c1=O. The summed E-state index contributed by atoms with van der Waals surface area (Å²) in [7, 11) is -1.40. The fourth-order valence-electron chi connectivity index (χ4n) is 4.11. The maximum absolute atomic E-state index is 13.6. The number of hydrogen-bond donors (Lipinski definition) is 1. The molecule has 185 valence electrons. The fraction of sp³-hybridized carbons (Fsp3) is 0.565. The van der Waals surface area contributed by atoms with Gasteiger partial charge in [0, 0.05) is 29.8 Å². The summed E-state index contributed by atoms with van der Waals surface area (Å²) in [5, 5.41) is 21.1. The second kappa shape index (κ2) is 9.57. The second-order valence-electron chi connectivity index (χ2n) is 9.88. The van der Waals surface area contributed by atoms with E-state index in [1.807, 2.05) is 33.9 Å². The summed E-state index contributed by atoms with van der Waals surface area (Å²) in [5.41, 5.74) is -1.20. The minimum atomic E-state index is -1.40. The molecule has 1 N–H and O–H groups in total. The van der Waals surface area contributed by atoms with Gasteiger partial charge in [-0.2, -0.15) is 0 Å². The maximum Gasteiger partial charge on any atom is 0.333 e. The molecule has 0 saturated carbocycles. The summed E-state index contributed by atoms with van der Waals surface area (Å²) in [4.78, 5) is 37.5. The molecule has 34 heavy (non-hydrogen) atoms. The molecule has 1 aliphatic heterocycles. The number of aliphatic hydroxyl groups excluding tert-OH is 1. The number of rotatable bonds is 7. The summed E-state index contributed by atoms with van der Waals surface area (Å²) >= 11 is 0. The summed E-state index contributed by atoms with van der Waals surface area (Å²) in [6.07, 6.45) is 0.153. The molecule has 1 fully saturated rings. The molecule has 0 bridgehead atoms. The Labute approximate surface area is 199 Å². The molecule has 0 aliphatic carbocycles. The van der Waals surface area contributed by atoms with Crippen molar-refractivity contribution >= 4 is 14.5 Å². The Balaban J connectivity index is 2.09. The van der Waals surface area contributed by atoms with E-state index in [1.54, 1.807) is 13.0 Å². The Hall–Kier alpha value is -2.60. The molecular weight excluding hydrogens is 458 g/mol. The highest BCUT2D eigenvalue weighted by Gasteiger charge is 2.51. The molecule has 11 heteroatoms. The fourth-order valence-corrected chi connectivity index (χ4v) is 5.76. The van der Waals surface area contributed by atoms with Crippen LogP contribution in [0.5, 0.6) is 0 Å². The quantitative estimate of drug-likeness (QED) is 0.358. The zero-order valence-corrected chi connectivity index (χ0v) is 21.4. The van der Waals surface area contributed by atoms with Gasteiger partial charge in [-0.15, -0.1) is 0 Å². The third-order valence-corrected chi connectivity index (χ3v) is 8.10. The summed E-state index contributed by atoms with van der Waals surface area (Å²) in [6.45, 7) is 11.2. The smallest absolute Gasteiger partial charge is 0.333 e. The van der Waals surface area contributed by atoms with Crippen LogP contribution in [-0.4, -0.2) is 52.4 Å². The van der Waals surface area contributed by atoms with Crippen molar-refractivity contribution in [2.45, 2.75) is 76.9 Å². The number of nitrogens with zero attached hydrogens (tertiary/aromatic N) is 3. The molecule has 1 radical (unpaired) electrons. The van der Waals surface area contributed by atoms with Crippen LogP contribution in [-0.2, 0) is 21.4 Å². The van der Waals surface area contributed by atoms with E-state index in [-0.39, 0.29) is 30.8 Å². The number of para-hydroxylation sites is 1. The van der Waals surface area contributed by atoms with Gasteiger partial charge in [0.25, 0.3) is 11.2 Å². The molecule has 2 heterocycles. The number of nitro benzene ring substituents is 1. The lowest BCUT2D eigenvalue weighted by molar-refractivity contribution is -0.385. The first kappa shape index (κ1) is 26.0. The van der Waals surface area contributed by atoms with Crippen LogP contribution < -0.4 is 11.2 Å². The lowest BCUT2D eigenvalue weighted by Crippen LogP contribution is -2.54. The predicted molar refractivity (Wildman–Crippen MR) is 129 cm³/mol. The van der Waals surface area contributed by atoms with Crippen LogP contribution in [0.3, 0.4) is 0 Å². The molecule has 0 amide bonds. The third kappa shape index (κ3) is 5.07. The van der Waals surface area contributed by atoms with E-state index in [0.717, 1.165) is 4.57 Å². The first-order valence-corrected chi connectivity index (χ1v) is 13.6. The van der Waals surface area contributed by atoms with E-state index in [1.165, 1.54) is 29.0 Å². The highest BCUT2D eigenvalue weighted by Crippen LogP contribution is 2.37. The van der Waals surface area contributed by atoms with E-state index >= 15 is 0 Å². The Morgan fingerprint density at radius 1 is 1.29 bits per heavy atom. The number of aryl methyl sites for hydroxylation is 1. The van der Waals surface area contributed by atoms with E-state index in [2.05, 4.69) is 0 Å². The number of aromatic nitrogens is 2. The number of nitro groups is 1. The predicted octanol–water partition coefficient (Wildman–Crippen LogP) is 2.19. The number of benzene rings is 1. The van der Waals surface area contributed by atoms with Gasteiger partial charge >= 0.3 is 5.69 Å².